The van der Waals surface area contributed by atoms with Crippen LogP contribution in [0.4, 0.5) is 5.69 Å². The monoisotopic (exact) mass is 309 g/mol. The summed E-state index contributed by atoms with van der Waals surface area (Å²) in [6.07, 6.45) is 2.98. The summed E-state index contributed by atoms with van der Waals surface area (Å²) in [6.45, 7) is 1.10. The second kappa shape index (κ2) is 5.75. The molecule has 1 saturated heterocycles. The molecule has 1 aromatic rings. The first-order chi connectivity index (χ1) is 10.1. The number of piperidine rings is 1. The third-order valence-corrected chi connectivity index (χ3v) is 5.57. The van der Waals surface area contributed by atoms with Crippen LogP contribution in [0.25, 0.3) is 0 Å². The first-order valence-corrected chi connectivity index (χ1v) is 8.66. The summed E-state index contributed by atoms with van der Waals surface area (Å²) in [6, 6.07) is 6.80. The average molecular weight is 309 g/mol. The van der Waals surface area contributed by atoms with E-state index in [2.05, 4.69) is 10.0 Å². The van der Waals surface area contributed by atoms with Gasteiger partial charge in [0.15, 0.2) is 0 Å². The van der Waals surface area contributed by atoms with E-state index in [4.69, 9.17) is 0 Å². The number of carbonyl (C=O) groups excluding carboxylic acids is 1. The number of hydrogen-bond acceptors (Lipinski definition) is 3. The van der Waals surface area contributed by atoms with Crippen molar-refractivity contribution in [2.75, 3.05) is 18.4 Å². The predicted molar refractivity (Wildman–Crippen MR) is 79.9 cm³/mol. The second-order valence-corrected chi connectivity index (χ2v) is 7.18. The zero-order chi connectivity index (χ0) is 14.9. The lowest BCUT2D eigenvalue weighted by Crippen LogP contribution is -2.46. The number of benzene rings is 1. The van der Waals surface area contributed by atoms with Crippen molar-refractivity contribution in [2.45, 2.75) is 31.7 Å². The van der Waals surface area contributed by atoms with E-state index in [1.165, 1.54) is 4.31 Å². The van der Waals surface area contributed by atoms with Gasteiger partial charge in [0, 0.05) is 25.2 Å². The molecule has 0 spiro atoms. The second-order valence-electron chi connectivity index (χ2n) is 5.47. The molecule has 3 rings (SSSR count). The van der Waals surface area contributed by atoms with Crippen LogP contribution in [0.3, 0.4) is 0 Å². The van der Waals surface area contributed by atoms with Gasteiger partial charge in [-0.1, -0.05) is 24.6 Å². The van der Waals surface area contributed by atoms with Gasteiger partial charge >= 0.3 is 0 Å². The van der Waals surface area contributed by atoms with Crippen LogP contribution in [-0.2, 0) is 15.0 Å². The van der Waals surface area contributed by atoms with Crippen LogP contribution in [0.15, 0.2) is 24.3 Å². The Hall–Kier alpha value is -1.44. The molecule has 1 amide bonds. The summed E-state index contributed by atoms with van der Waals surface area (Å²) < 4.78 is 29.1. The number of amides is 1. The highest BCUT2D eigenvalue weighted by molar-refractivity contribution is 7.87. The van der Waals surface area contributed by atoms with E-state index in [-0.39, 0.29) is 12.3 Å². The molecule has 2 N–H and O–H groups in total. The van der Waals surface area contributed by atoms with E-state index < -0.39 is 16.3 Å². The van der Waals surface area contributed by atoms with Gasteiger partial charge in [0.2, 0.25) is 5.91 Å². The molecule has 0 radical (unpaired) electrons. The van der Waals surface area contributed by atoms with Crippen LogP contribution >= 0.6 is 0 Å². The van der Waals surface area contributed by atoms with Gasteiger partial charge in [-0.15, -0.1) is 0 Å². The van der Waals surface area contributed by atoms with Crippen LogP contribution in [0.1, 0.15) is 37.3 Å². The van der Waals surface area contributed by atoms with Crippen molar-refractivity contribution in [3.8, 4) is 0 Å². The average Bonchev–Trinajstić information content (AvgIpc) is 2.47. The van der Waals surface area contributed by atoms with Crippen LogP contribution in [-0.4, -0.2) is 31.7 Å². The van der Waals surface area contributed by atoms with Crippen molar-refractivity contribution in [1.29, 1.82) is 0 Å². The third kappa shape index (κ3) is 3.09. The Morgan fingerprint density at radius 1 is 1.14 bits per heavy atom. The Labute approximate surface area is 124 Å². The topological polar surface area (TPSA) is 78.5 Å². The minimum absolute atomic E-state index is 0.129. The van der Waals surface area contributed by atoms with Gasteiger partial charge in [-0.3, -0.25) is 4.79 Å². The first kappa shape index (κ1) is 14.5. The number of carbonyl (C=O) groups is 1. The van der Waals surface area contributed by atoms with Crippen molar-refractivity contribution in [2.24, 2.45) is 0 Å². The molecule has 0 saturated carbocycles. The molecule has 2 aliphatic heterocycles. The van der Waals surface area contributed by atoms with E-state index in [0.29, 0.717) is 18.8 Å². The molecule has 1 atom stereocenters. The Bertz CT molecular complexity index is 639. The lowest BCUT2D eigenvalue weighted by molar-refractivity contribution is -0.116. The van der Waals surface area contributed by atoms with Crippen molar-refractivity contribution < 1.29 is 13.2 Å². The highest BCUT2D eigenvalue weighted by Gasteiger charge is 2.31. The molecule has 0 aromatic heterocycles. The van der Waals surface area contributed by atoms with Crippen molar-refractivity contribution in [3.05, 3.63) is 29.8 Å². The maximum Gasteiger partial charge on any atom is 0.280 e. The molecule has 1 unspecified atom stereocenters. The molecule has 0 bridgehead atoms. The molecule has 7 heteroatoms. The van der Waals surface area contributed by atoms with Gasteiger partial charge in [0.1, 0.15) is 0 Å². The lowest BCUT2D eigenvalue weighted by Gasteiger charge is -2.31. The van der Waals surface area contributed by atoms with Crippen molar-refractivity contribution in [3.63, 3.8) is 0 Å². The van der Waals surface area contributed by atoms with Gasteiger partial charge in [-0.25, -0.2) is 0 Å². The van der Waals surface area contributed by atoms with Gasteiger partial charge in [-0.2, -0.15) is 17.4 Å². The number of para-hydroxylation sites is 1. The van der Waals surface area contributed by atoms with Gasteiger partial charge in [0.25, 0.3) is 10.2 Å². The quantitative estimate of drug-likeness (QED) is 0.885. The van der Waals surface area contributed by atoms with Crippen LogP contribution in [0.5, 0.6) is 0 Å². The summed E-state index contributed by atoms with van der Waals surface area (Å²) in [7, 11) is -3.55. The summed E-state index contributed by atoms with van der Waals surface area (Å²) in [5, 5.41) is 2.77. The molecular formula is C14H19N3O3S. The fourth-order valence-corrected chi connectivity index (χ4v) is 4.33. The Kier molecular flexibility index (Phi) is 3.97. The summed E-state index contributed by atoms with van der Waals surface area (Å²) in [4.78, 5) is 11.7. The summed E-state index contributed by atoms with van der Waals surface area (Å²) in [5.74, 6) is -0.167. The Morgan fingerprint density at radius 3 is 2.62 bits per heavy atom. The number of rotatable bonds is 3. The SMILES string of the molecule is O=C1CC(NS(=O)(=O)N2CCCCC2)c2ccccc2N1. The smallest absolute Gasteiger partial charge is 0.280 e. The minimum atomic E-state index is -3.55. The summed E-state index contributed by atoms with van der Waals surface area (Å²) in [5.41, 5.74) is 1.50. The molecular weight excluding hydrogens is 290 g/mol. The molecule has 6 nitrogen and oxygen atoms in total. The maximum atomic E-state index is 12.5. The molecule has 21 heavy (non-hydrogen) atoms. The molecule has 0 aliphatic carbocycles. The minimum Gasteiger partial charge on any atom is -0.326 e. The van der Waals surface area contributed by atoms with Gasteiger partial charge < -0.3 is 5.32 Å². The molecule has 2 heterocycles. The molecule has 2 aliphatic rings. The van der Waals surface area contributed by atoms with Crippen LogP contribution in [0, 0.1) is 0 Å². The van der Waals surface area contributed by atoms with E-state index in [0.717, 1.165) is 24.8 Å². The first-order valence-electron chi connectivity index (χ1n) is 7.22. The zero-order valence-corrected chi connectivity index (χ0v) is 12.5. The summed E-state index contributed by atoms with van der Waals surface area (Å²) >= 11 is 0. The Balaban J connectivity index is 1.82. The number of anilines is 1. The normalized spacial score (nSPS) is 23.4. The maximum absolute atomic E-state index is 12.5. The fourth-order valence-electron chi connectivity index (χ4n) is 2.88. The standard InChI is InChI=1S/C14H19N3O3S/c18-14-10-13(11-6-2-3-7-12(11)15-14)16-21(19,20)17-8-4-1-5-9-17/h2-3,6-7,13,16H,1,4-5,8-10H2,(H,15,18). The van der Waals surface area contributed by atoms with Crippen LogP contribution < -0.4 is 10.0 Å². The number of fused-ring (bicyclic) bond motifs is 1. The van der Waals surface area contributed by atoms with Crippen LogP contribution in [0.2, 0.25) is 0 Å². The largest absolute Gasteiger partial charge is 0.326 e. The zero-order valence-electron chi connectivity index (χ0n) is 11.7. The van der Waals surface area contributed by atoms with E-state index >= 15 is 0 Å². The molecule has 1 fully saturated rings. The van der Waals surface area contributed by atoms with Gasteiger partial charge in [-0.05, 0) is 24.5 Å². The molecule has 114 valence electrons. The third-order valence-electron chi connectivity index (χ3n) is 3.95. The van der Waals surface area contributed by atoms with Gasteiger partial charge in [0.05, 0.1) is 6.04 Å². The van der Waals surface area contributed by atoms with Crippen molar-refractivity contribution >= 4 is 21.8 Å². The lowest BCUT2D eigenvalue weighted by atomic mass is 9.98. The number of hydrogen-bond donors (Lipinski definition) is 2. The number of nitrogens with one attached hydrogen (secondary N) is 2. The Morgan fingerprint density at radius 2 is 1.86 bits per heavy atom. The predicted octanol–water partition coefficient (Wildman–Crippen LogP) is 1.39. The van der Waals surface area contributed by atoms with E-state index in [1.54, 1.807) is 6.07 Å². The highest BCUT2D eigenvalue weighted by atomic mass is 32.2. The molecule has 1 aromatic carbocycles. The van der Waals surface area contributed by atoms with E-state index in [1.807, 2.05) is 18.2 Å². The highest BCUT2D eigenvalue weighted by Crippen LogP contribution is 2.31. The van der Waals surface area contributed by atoms with E-state index in [9.17, 15) is 13.2 Å². The number of nitrogens with zero attached hydrogens (tertiary/aromatic N) is 1. The van der Waals surface area contributed by atoms with Crippen molar-refractivity contribution in [1.82, 2.24) is 9.03 Å². The fraction of sp³-hybridized carbons (Fsp3) is 0.500.